The van der Waals surface area contributed by atoms with Gasteiger partial charge in [0.25, 0.3) is 10.0 Å². The Bertz CT molecular complexity index is 1170. The quantitative estimate of drug-likeness (QED) is 0.500. The van der Waals surface area contributed by atoms with Gasteiger partial charge in [-0.05, 0) is 60.9 Å². The van der Waals surface area contributed by atoms with E-state index in [4.69, 9.17) is 9.47 Å². The van der Waals surface area contributed by atoms with Crippen molar-refractivity contribution in [2.75, 3.05) is 24.3 Å². The first-order chi connectivity index (χ1) is 15.3. The Morgan fingerprint density at radius 3 is 2.19 bits per heavy atom. The van der Waals surface area contributed by atoms with Crippen LogP contribution < -0.4 is 19.5 Å². The van der Waals surface area contributed by atoms with Crippen LogP contribution in [-0.4, -0.2) is 28.5 Å². The first-order valence-corrected chi connectivity index (χ1v) is 11.5. The number of carbonyl (C=O) groups excluding carboxylic acids is 1. The fraction of sp³-hybridized carbons (Fsp3) is 0.208. The molecule has 168 valence electrons. The van der Waals surface area contributed by atoms with Crippen molar-refractivity contribution in [1.82, 2.24) is 0 Å². The number of methoxy groups -OCH3 is 2. The molecule has 0 aliphatic rings. The van der Waals surface area contributed by atoms with Crippen LogP contribution in [0, 0.1) is 6.92 Å². The Kier molecular flexibility index (Phi) is 7.37. The van der Waals surface area contributed by atoms with Crippen molar-refractivity contribution < 1.29 is 22.7 Å². The zero-order valence-corrected chi connectivity index (χ0v) is 19.0. The summed E-state index contributed by atoms with van der Waals surface area (Å²) in [7, 11) is -0.576. The molecule has 0 atom stereocenters. The lowest BCUT2D eigenvalue weighted by molar-refractivity contribution is -0.116. The van der Waals surface area contributed by atoms with Crippen LogP contribution in [0.3, 0.4) is 0 Å². The zero-order chi connectivity index (χ0) is 23.1. The second-order valence-electron chi connectivity index (χ2n) is 7.22. The highest BCUT2D eigenvalue weighted by Crippen LogP contribution is 2.25. The lowest BCUT2D eigenvalue weighted by Gasteiger charge is -2.13. The maximum absolute atomic E-state index is 12.6. The average Bonchev–Trinajstić information content (AvgIpc) is 2.80. The molecule has 0 unspecified atom stereocenters. The van der Waals surface area contributed by atoms with Gasteiger partial charge in [-0.25, -0.2) is 8.42 Å². The molecule has 0 saturated carbocycles. The van der Waals surface area contributed by atoms with Gasteiger partial charge < -0.3 is 14.8 Å². The number of carbonyl (C=O) groups is 1. The first-order valence-electron chi connectivity index (χ1n) is 10.0. The summed E-state index contributed by atoms with van der Waals surface area (Å²) in [5, 5.41) is 2.83. The molecule has 7 nitrogen and oxygen atoms in total. The van der Waals surface area contributed by atoms with E-state index in [2.05, 4.69) is 10.0 Å². The fourth-order valence-corrected chi connectivity index (χ4v) is 4.25. The summed E-state index contributed by atoms with van der Waals surface area (Å²) < 4.78 is 38.4. The van der Waals surface area contributed by atoms with Gasteiger partial charge in [0.15, 0.2) is 0 Å². The zero-order valence-electron chi connectivity index (χ0n) is 18.2. The predicted molar refractivity (Wildman–Crippen MR) is 125 cm³/mol. The number of hydrogen-bond donors (Lipinski definition) is 2. The molecule has 3 aromatic rings. The third-order valence-corrected chi connectivity index (χ3v) is 6.25. The molecule has 0 aliphatic heterocycles. The molecule has 0 fully saturated rings. The van der Waals surface area contributed by atoms with Crippen molar-refractivity contribution in [3.8, 4) is 11.5 Å². The molecule has 0 radical (unpaired) electrons. The second-order valence-corrected chi connectivity index (χ2v) is 8.90. The van der Waals surface area contributed by atoms with E-state index in [1.165, 1.54) is 12.1 Å². The van der Waals surface area contributed by atoms with E-state index in [1.54, 1.807) is 63.6 Å². The Balaban J connectivity index is 1.67. The van der Waals surface area contributed by atoms with Crippen molar-refractivity contribution >= 4 is 27.3 Å². The summed E-state index contributed by atoms with van der Waals surface area (Å²) in [5.74, 6) is 1.13. The molecule has 8 heteroatoms. The van der Waals surface area contributed by atoms with Crippen molar-refractivity contribution in [3.05, 3.63) is 77.9 Å². The number of sulfonamides is 1. The number of amides is 1. The van der Waals surface area contributed by atoms with E-state index < -0.39 is 10.0 Å². The minimum atomic E-state index is -3.73. The molecular weight excluding hydrogens is 428 g/mol. The topological polar surface area (TPSA) is 93.7 Å². The van der Waals surface area contributed by atoms with Gasteiger partial charge in [0.2, 0.25) is 5.91 Å². The Hall–Kier alpha value is -3.52. The van der Waals surface area contributed by atoms with Crippen molar-refractivity contribution in [3.63, 3.8) is 0 Å². The van der Waals surface area contributed by atoms with Gasteiger partial charge in [-0.15, -0.1) is 0 Å². The van der Waals surface area contributed by atoms with E-state index in [1.807, 2.05) is 12.1 Å². The largest absolute Gasteiger partial charge is 0.497 e. The summed E-state index contributed by atoms with van der Waals surface area (Å²) >= 11 is 0. The summed E-state index contributed by atoms with van der Waals surface area (Å²) in [6.45, 7) is 1.80. The second kappa shape index (κ2) is 10.2. The van der Waals surface area contributed by atoms with Crippen LogP contribution in [0.15, 0.2) is 71.6 Å². The van der Waals surface area contributed by atoms with Crippen molar-refractivity contribution in [2.45, 2.75) is 24.7 Å². The summed E-state index contributed by atoms with van der Waals surface area (Å²) in [6, 6.07) is 18.7. The van der Waals surface area contributed by atoms with Gasteiger partial charge in [-0.2, -0.15) is 0 Å². The smallest absolute Gasteiger partial charge is 0.261 e. The number of nitrogens with one attached hydrogen (secondary N) is 2. The Morgan fingerprint density at radius 2 is 1.56 bits per heavy atom. The molecule has 0 aliphatic carbocycles. The van der Waals surface area contributed by atoms with Gasteiger partial charge in [-0.1, -0.05) is 24.3 Å². The van der Waals surface area contributed by atoms with Crippen molar-refractivity contribution in [1.29, 1.82) is 0 Å². The minimum Gasteiger partial charge on any atom is -0.497 e. The van der Waals surface area contributed by atoms with Gasteiger partial charge in [0.1, 0.15) is 11.5 Å². The normalized spacial score (nSPS) is 11.0. The average molecular weight is 455 g/mol. The minimum absolute atomic E-state index is 0.169. The summed E-state index contributed by atoms with van der Waals surface area (Å²) in [4.78, 5) is 12.7. The molecule has 32 heavy (non-hydrogen) atoms. The van der Waals surface area contributed by atoms with Crippen LogP contribution >= 0.6 is 0 Å². The molecule has 3 rings (SSSR count). The molecule has 0 saturated heterocycles. The van der Waals surface area contributed by atoms with Gasteiger partial charge in [0, 0.05) is 18.2 Å². The highest BCUT2D eigenvalue weighted by molar-refractivity contribution is 7.92. The van der Waals surface area contributed by atoms with E-state index >= 15 is 0 Å². The van der Waals surface area contributed by atoms with Crippen LogP contribution in [0.4, 0.5) is 11.4 Å². The maximum Gasteiger partial charge on any atom is 0.261 e. The van der Waals surface area contributed by atoms with Crippen LogP contribution in [0.2, 0.25) is 0 Å². The molecule has 0 bridgehead atoms. The number of aryl methyl sites for hydroxylation is 2. The Labute approximate surface area is 188 Å². The van der Waals surface area contributed by atoms with Gasteiger partial charge in [0.05, 0.1) is 24.8 Å². The number of rotatable bonds is 9. The van der Waals surface area contributed by atoms with Crippen LogP contribution in [0.1, 0.15) is 17.5 Å². The van der Waals surface area contributed by atoms with E-state index in [9.17, 15) is 13.2 Å². The fourth-order valence-electron chi connectivity index (χ4n) is 3.11. The molecule has 1 amide bonds. The van der Waals surface area contributed by atoms with E-state index in [-0.39, 0.29) is 17.2 Å². The van der Waals surface area contributed by atoms with E-state index in [0.29, 0.717) is 29.3 Å². The predicted octanol–water partition coefficient (Wildman–Crippen LogP) is 4.38. The maximum atomic E-state index is 12.6. The summed E-state index contributed by atoms with van der Waals surface area (Å²) in [5.41, 5.74) is 2.57. The van der Waals surface area contributed by atoms with Crippen LogP contribution in [0.5, 0.6) is 11.5 Å². The third kappa shape index (κ3) is 6.01. The highest BCUT2D eigenvalue weighted by atomic mass is 32.2. The van der Waals surface area contributed by atoms with Crippen LogP contribution in [-0.2, 0) is 21.2 Å². The van der Waals surface area contributed by atoms with E-state index in [0.717, 1.165) is 11.1 Å². The van der Waals surface area contributed by atoms with Gasteiger partial charge >= 0.3 is 0 Å². The van der Waals surface area contributed by atoms with Crippen LogP contribution in [0.25, 0.3) is 0 Å². The molecule has 2 N–H and O–H groups in total. The number of anilines is 2. The highest BCUT2D eigenvalue weighted by Gasteiger charge is 2.15. The third-order valence-electron chi connectivity index (χ3n) is 4.87. The molecule has 0 heterocycles. The van der Waals surface area contributed by atoms with Gasteiger partial charge in [-0.3, -0.25) is 9.52 Å². The molecular formula is C24H26N2O5S. The SMILES string of the molecule is COc1cc(CCC(=O)Nc2ccc(C)c(NS(=O)(=O)c3ccccc3)c2)cc(OC)c1. The van der Waals surface area contributed by atoms with Crippen molar-refractivity contribution in [2.24, 2.45) is 0 Å². The Morgan fingerprint density at radius 1 is 0.906 bits per heavy atom. The molecule has 3 aromatic carbocycles. The lowest BCUT2D eigenvalue weighted by atomic mass is 10.1. The first kappa shape index (κ1) is 23.1. The summed E-state index contributed by atoms with van der Waals surface area (Å²) in [6.07, 6.45) is 0.744. The number of benzene rings is 3. The monoisotopic (exact) mass is 454 g/mol. The molecule has 0 spiro atoms. The molecule has 0 aromatic heterocycles. The lowest BCUT2D eigenvalue weighted by Crippen LogP contribution is -2.15. The number of ether oxygens (including phenoxy) is 2. The standard InChI is InChI=1S/C24H26N2O5S/c1-17-9-11-19(15-23(17)26-32(28,29)22-7-5-4-6-8-22)25-24(27)12-10-18-13-20(30-2)16-21(14-18)31-3/h4-9,11,13-16,26H,10,12H2,1-3H3,(H,25,27). The number of hydrogen-bond acceptors (Lipinski definition) is 5.